The molecule has 3 rings (SSSR count). The Hall–Kier alpha value is -3.78. The van der Waals surface area contributed by atoms with Gasteiger partial charge in [-0.2, -0.15) is 0 Å². The van der Waals surface area contributed by atoms with Crippen LogP contribution in [0.3, 0.4) is 0 Å². The van der Waals surface area contributed by atoms with Crippen LogP contribution < -0.4 is 19.5 Å². The zero-order valence-corrected chi connectivity index (χ0v) is 19.7. The zero-order valence-electron chi connectivity index (χ0n) is 18.8. The van der Waals surface area contributed by atoms with Gasteiger partial charge in [-0.1, -0.05) is 30.3 Å². The lowest BCUT2D eigenvalue weighted by atomic mass is 10.1. The van der Waals surface area contributed by atoms with Crippen molar-refractivity contribution in [3.8, 4) is 27.7 Å². The van der Waals surface area contributed by atoms with E-state index in [1.807, 2.05) is 30.3 Å². The fraction of sp³-hybridized carbons (Fsp3) is 0.200. The van der Waals surface area contributed by atoms with Crippen molar-refractivity contribution in [3.05, 3.63) is 65.7 Å². The standard InChI is InChI=1S/C25H25NO6S/c1-5-32-25(28)18-15-21(17-9-7-6-8-10-17)33-24(18)26-22(27)12-11-16-13-19(29-2)23(31-4)20(14-16)30-3/h6-15H,5H2,1-4H3,(H,26,27). The van der Waals surface area contributed by atoms with E-state index in [0.717, 1.165) is 10.4 Å². The van der Waals surface area contributed by atoms with Gasteiger partial charge in [0.15, 0.2) is 11.5 Å². The number of nitrogens with one attached hydrogen (secondary N) is 1. The molecule has 2 aromatic carbocycles. The zero-order chi connectivity index (χ0) is 23.8. The Balaban J connectivity index is 1.86. The van der Waals surface area contributed by atoms with Gasteiger partial charge in [-0.3, -0.25) is 4.79 Å². The van der Waals surface area contributed by atoms with Gasteiger partial charge in [0.1, 0.15) is 5.00 Å². The summed E-state index contributed by atoms with van der Waals surface area (Å²) in [6.07, 6.45) is 2.99. The van der Waals surface area contributed by atoms with E-state index in [0.29, 0.717) is 33.4 Å². The van der Waals surface area contributed by atoms with Crippen molar-refractivity contribution in [2.24, 2.45) is 0 Å². The minimum absolute atomic E-state index is 0.240. The van der Waals surface area contributed by atoms with Crippen molar-refractivity contribution >= 4 is 34.3 Å². The number of carbonyl (C=O) groups is 2. The average molecular weight is 468 g/mol. The number of ether oxygens (including phenoxy) is 4. The van der Waals surface area contributed by atoms with Crippen molar-refractivity contribution in [1.29, 1.82) is 0 Å². The molecular weight excluding hydrogens is 442 g/mol. The Morgan fingerprint density at radius 2 is 1.64 bits per heavy atom. The molecule has 0 saturated carbocycles. The largest absolute Gasteiger partial charge is 0.493 e. The molecule has 0 saturated heterocycles. The molecule has 1 aromatic heterocycles. The highest BCUT2D eigenvalue weighted by Crippen LogP contribution is 2.39. The van der Waals surface area contributed by atoms with Crippen LogP contribution in [0.15, 0.2) is 54.6 Å². The maximum Gasteiger partial charge on any atom is 0.341 e. The van der Waals surface area contributed by atoms with Crippen molar-refractivity contribution < 1.29 is 28.5 Å². The number of hydrogen-bond acceptors (Lipinski definition) is 7. The van der Waals surface area contributed by atoms with Crippen LogP contribution in [0.1, 0.15) is 22.8 Å². The van der Waals surface area contributed by atoms with Gasteiger partial charge < -0.3 is 24.3 Å². The van der Waals surface area contributed by atoms with Crippen LogP contribution in [0.25, 0.3) is 16.5 Å². The summed E-state index contributed by atoms with van der Waals surface area (Å²) in [5.74, 6) is 0.544. The van der Waals surface area contributed by atoms with Gasteiger partial charge >= 0.3 is 5.97 Å². The lowest BCUT2D eigenvalue weighted by Crippen LogP contribution is -2.11. The number of esters is 1. The molecule has 1 N–H and O–H groups in total. The van der Waals surface area contributed by atoms with Crippen LogP contribution in [0.5, 0.6) is 17.2 Å². The molecule has 1 heterocycles. The highest BCUT2D eigenvalue weighted by molar-refractivity contribution is 7.20. The lowest BCUT2D eigenvalue weighted by Gasteiger charge is -2.12. The Kier molecular flexibility index (Phi) is 8.10. The molecule has 3 aromatic rings. The molecule has 0 aliphatic rings. The van der Waals surface area contributed by atoms with E-state index in [1.165, 1.54) is 38.7 Å². The third kappa shape index (κ3) is 5.72. The highest BCUT2D eigenvalue weighted by atomic mass is 32.1. The number of rotatable bonds is 9. The van der Waals surface area contributed by atoms with Crippen molar-refractivity contribution in [2.75, 3.05) is 33.3 Å². The van der Waals surface area contributed by atoms with Gasteiger partial charge in [-0.05, 0) is 42.3 Å². The minimum Gasteiger partial charge on any atom is -0.493 e. The van der Waals surface area contributed by atoms with E-state index >= 15 is 0 Å². The van der Waals surface area contributed by atoms with Gasteiger partial charge in [0.25, 0.3) is 0 Å². The summed E-state index contributed by atoms with van der Waals surface area (Å²) in [4.78, 5) is 26.0. The maximum absolute atomic E-state index is 12.7. The second-order valence-electron chi connectivity index (χ2n) is 6.72. The number of amides is 1. The van der Waals surface area contributed by atoms with E-state index in [-0.39, 0.29) is 6.61 Å². The van der Waals surface area contributed by atoms with E-state index in [1.54, 1.807) is 31.2 Å². The number of thiophene rings is 1. The molecule has 0 bridgehead atoms. The molecule has 7 nitrogen and oxygen atoms in total. The fourth-order valence-corrected chi connectivity index (χ4v) is 4.17. The second-order valence-corrected chi connectivity index (χ2v) is 7.77. The van der Waals surface area contributed by atoms with Crippen LogP contribution in [0.2, 0.25) is 0 Å². The lowest BCUT2D eigenvalue weighted by molar-refractivity contribution is -0.111. The number of anilines is 1. The molecule has 172 valence electrons. The number of carbonyl (C=O) groups excluding carboxylic acids is 2. The van der Waals surface area contributed by atoms with Crippen LogP contribution in [-0.2, 0) is 9.53 Å². The Labute approximate surface area is 196 Å². The molecule has 33 heavy (non-hydrogen) atoms. The first kappa shape index (κ1) is 23.9. The topological polar surface area (TPSA) is 83.1 Å². The van der Waals surface area contributed by atoms with Crippen LogP contribution in [0, 0.1) is 0 Å². The van der Waals surface area contributed by atoms with Crippen LogP contribution in [-0.4, -0.2) is 39.8 Å². The van der Waals surface area contributed by atoms with Crippen molar-refractivity contribution in [2.45, 2.75) is 6.92 Å². The summed E-state index contributed by atoms with van der Waals surface area (Å²) in [5.41, 5.74) is 1.94. The predicted octanol–water partition coefficient (Wildman–Crippen LogP) is 5.27. The monoisotopic (exact) mass is 467 g/mol. The normalized spacial score (nSPS) is 10.7. The maximum atomic E-state index is 12.7. The summed E-state index contributed by atoms with van der Waals surface area (Å²) < 4.78 is 21.2. The Morgan fingerprint density at radius 1 is 0.970 bits per heavy atom. The molecular formula is C25H25NO6S. The van der Waals surface area contributed by atoms with Gasteiger partial charge in [0.05, 0.1) is 33.5 Å². The Bertz CT molecular complexity index is 1130. The number of methoxy groups -OCH3 is 3. The number of hydrogen-bond donors (Lipinski definition) is 1. The first-order chi connectivity index (χ1) is 16.0. The third-order valence-corrected chi connectivity index (χ3v) is 5.74. The van der Waals surface area contributed by atoms with Crippen molar-refractivity contribution in [1.82, 2.24) is 0 Å². The molecule has 0 fully saturated rings. The average Bonchev–Trinajstić information content (AvgIpc) is 3.26. The SMILES string of the molecule is CCOC(=O)c1cc(-c2ccccc2)sc1NC(=O)C=Cc1cc(OC)c(OC)c(OC)c1. The molecule has 0 radical (unpaired) electrons. The van der Waals surface area contributed by atoms with Crippen LogP contribution in [0.4, 0.5) is 5.00 Å². The first-order valence-electron chi connectivity index (χ1n) is 10.2. The highest BCUT2D eigenvalue weighted by Gasteiger charge is 2.19. The van der Waals surface area contributed by atoms with E-state index in [9.17, 15) is 9.59 Å². The second kappa shape index (κ2) is 11.2. The van der Waals surface area contributed by atoms with E-state index in [4.69, 9.17) is 18.9 Å². The third-order valence-electron chi connectivity index (χ3n) is 4.64. The van der Waals surface area contributed by atoms with Gasteiger partial charge in [-0.25, -0.2) is 4.79 Å². The molecule has 0 unspecified atom stereocenters. The molecule has 8 heteroatoms. The van der Waals surface area contributed by atoms with E-state index < -0.39 is 11.9 Å². The smallest absolute Gasteiger partial charge is 0.341 e. The first-order valence-corrected chi connectivity index (χ1v) is 11.0. The molecule has 0 aliphatic carbocycles. The fourth-order valence-electron chi connectivity index (χ4n) is 3.11. The summed E-state index contributed by atoms with van der Waals surface area (Å²) in [6, 6.07) is 14.8. The quantitative estimate of drug-likeness (QED) is 0.341. The molecule has 0 aliphatic heterocycles. The number of benzene rings is 2. The summed E-state index contributed by atoms with van der Waals surface area (Å²) >= 11 is 1.31. The van der Waals surface area contributed by atoms with Crippen molar-refractivity contribution in [3.63, 3.8) is 0 Å². The van der Waals surface area contributed by atoms with Gasteiger partial charge in [0, 0.05) is 11.0 Å². The van der Waals surface area contributed by atoms with Gasteiger partial charge in [0.2, 0.25) is 11.7 Å². The minimum atomic E-state index is -0.486. The van der Waals surface area contributed by atoms with Crippen LogP contribution >= 0.6 is 11.3 Å². The summed E-state index contributed by atoms with van der Waals surface area (Å²) in [6.45, 7) is 1.98. The summed E-state index contributed by atoms with van der Waals surface area (Å²) in [5, 5.41) is 3.22. The van der Waals surface area contributed by atoms with Gasteiger partial charge in [-0.15, -0.1) is 11.3 Å². The van der Waals surface area contributed by atoms with E-state index in [2.05, 4.69) is 5.32 Å². The molecule has 1 amide bonds. The molecule has 0 atom stereocenters. The molecule has 0 spiro atoms. The summed E-state index contributed by atoms with van der Waals surface area (Å²) in [7, 11) is 4.57. The Morgan fingerprint density at radius 3 is 2.21 bits per heavy atom. The predicted molar refractivity (Wildman–Crippen MR) is 129 cm³/mol.